The zero-order valence-corrected chi connectivity index (χ0v) is 10.5. The van der Waals surface area contributed by atoms with Gasteiger partial charge in [0.1, 0.15) is 0 Å². The number of carbonyl (C=O) groups is 1. The van der Waals surface area contributed by atoms with Gasteiger partial charge in [0.2, 0.25) is 0 Å². The van der Waals surface area contributed by atoms with Crippen molar-refractivity contribution in [3.63, 3.8) is 0 Å². The van der Waals surface area contributed by atoms with Crippen molar-refractivity contribution < 1.29 is 9.53 Å². The molecule has 2 heteroatoms. The second-order valence-electron chi connectivity index (χ2n) is 5.43. The van der Waals surface area contributed by atoms with Crippen molar-refractivity contribution >= 4 is 5.97 Å². The summed E-state index contributed by atoms with van der Waals surface area (Å²) in [7, 11) is 0. The van der Waals surface area contributed by atoms with Crippen molar-refractivity contribution in [1.82, 2.24) is 0 Å². The second-order valence-corrected chi connectivity index (χ2v) is 5.43. The van der Waals surface area contributed by atoms with Crippen LogP contribution >= 0.6 is 0 Å². The van der Waals surface area contributed by atoms with Crippen molar-refractivity contribution in [3.8, 4) is 12.3 Å². The lowest BCUT2D eigenvalue weighted by molar-refractivity contribution is -0.149. The lowest BCUT2D eigenvalue weighted by Gasteiger charge is -2.26. The molecule has 0 saturated heterocycles. The lowest BCUT2D eigenvalue weighted by Crippen LogP contribution is -2.27. The van der Waals surface area contributed by atoms with Crippen LogP contribution in [0.1, 0.15) is 41.0 Å². The molecule has 0 aliphatic heterocycles. The molecule has 0 fully saturated rings. The molecule has 0 aliphatic rings. The highest BCUT2D eigenvalue weighted by molar-refractivity contribution is 5.72. The molecule has 0 rings (SSSR count). The zero-order valence-electron chi connectivity index (χ0n) is 10.5. The maximum Gasteiger partial charge on any atom is 0.310 e. The van der Waals surface area contributed by atoms with Gasteiger partial charge in [0, 0.05) is 0 Å². The first-order chi connectivity index (χ1) is 6.78. The number of esters is 1. The standard InChI is InChI=1S/C13H22O2/c1-7-8-15-12(14)11(10(2)3)9-13(4,5)6/h1,10-11H,8-9H2,2-6H3. The Bertz CT molecular complexity index is 240. The van der Waals surface area contributed by atoms with Crippen molar-refractivity contribution in [3.05, 3.63) is 0 Å². The highest BCUT2D eigenvalue weighted by atomic mass is 16.5. The van der Waals surface area contributed by atoms with E-state index in [0.717, 1.165) is 6.42 Å². The molecule has 0 aromatic rings. The molecule has 2 nitrogen and oxygen atoms in total. The van der Waals surface area contributed by atoms with Crippen LogP contribution in [-0.2, 0) is 9.53 Å². The van der Waals surface area contributed by atoms with E-state index in [-0.39, 0.29) is 29.8 Å². The maximum absolute atomic E-state index is 11.7. The Kier molecular flexibility index (Phi) is 5.43. The molecule has 0 heterocycles. The molecule has 0 aromatic carbocycles. The van der Waals surface area contributed by atoms with Crippen LogP contribution in [0.4, 0.5) is 0 Å². The minimum Gasteiger partial charge on any atom is -0.452 e. The molecule has 1 unspecified atom stereocenters. The summed E-state index contributed by atoms with van der Waals surface area (Å²) in [5, 5.41) is 0. The number of hydrogen-bond acceptors (Lipinski definition) is 2. The van der Waals surface area contributed by atoms with E-state index in [4.69, 9.17) is 11.2 Å². The average Bonchev–Trinajstić information content (AvgIpc) is 2.08. The van der Waals surface area contributed by atoms with E-state index in [1.165, 1.54) is 0 Å². The molecule has 0 saturated carbocycles. The Morgan fingerprint density at radius 3 is 2.27 bits per heavy atom. The fourth-order valence-electron chi connectivity index (χ4n) is 1.47. The molecule has 1 atom stereocenters. The van der Waals surface area contributed by atoms with Crippen LogP contribution in [0.2, 0.25) is 0 Å². The fraction of sp³-hybridized carbons (Fsp3) is 0.769. The van der Waals surface area contributed by atoms with Crippen molar-refractivity contribution in [2.24, 2.45) is 17.3 Å². The number of ether oxygens (including phenoxy) is 1. The fourth-order valence-corrected chi connectivity index (χ4v) is 1.47. The molecule has 0 bridgehead atoms. The minimum absolute atomic E-state index is 0.0571. The van der Waals surface area contributed by atoms with E-state index in [2.05, 4.69) is 26.7 Å². The van der Waals surface area contributed by atoms with Gasteiger partial charge in [-0.3, -0.25) is 4.79 Å². The summed E-state index contributed by atoms with van der Waals surface area (Å²) in [5.74, 6) is 2.37. The molecule has 0 radical (unpaired) electrons. The van der Waals surface area contributed by atoms with Crippen LogP contribution in [0, 0.1) is 29.6 Å². The van der Waals surface area contributed by atoms with Gasteiger partial charge in [-0.05, 0) is 17.8 Å². The van der Waals surface area contributed by atoms with Crippen LogP contribution in [0.5, 0.6) is 0 Å². The first-order valence-electron chi connectivity index (χ1n) is 5.38. The maximum atomic E-state index is 11.7. The number of terminal acetylenes is 1. The van der Waals surface area contributed by atoms with Gasteiger partial charge < -0.3 is 4.74 Å². The summed E-state index contributed by atoms with van der Waals surface area (Å²) >= 11 is 0. The van der Waals surface area contributed by atoms with Gasteiger partial charge in [-0.15, -0.1) is 6.42 Å². The predicted molar refractivity (Wildman–Crippen MR) is 62.2 cm³/mol. The average molecular weight is 210 g/mol. The Balaban J connectivity index is 4.41. The summed E-state index contributed by atoms with van der Waals surface area (Å²) in [4.78, 5) is 11.7. The smallest absolute Gasteiger partial charge is 0.310 e. The van der Waals surface area contributed by atoms with Crippen LogP contribution in [0.15, 0.2) is 0 Å². The van der Waals surface area contributed by atoms with E-state index in [1.54, 1.807) is 0 Å². The normalized spacial score (nSPS) is 13.4. The Labute approximate surface area is 93.4 Å². The molecule has 0 amide bonds. The van der Waals surface area contributed by atoms with Crippen molar-refractivity contribution in [2.45, 2.75) is 41.0 Å². The third-order valence-corrected chi connectivity index (χ3v) is 2.24. The monoisotopic (exact) mass is 210 g/mol. The van der Waals surface area contributed by atoms with Gasteiger partial charge in [-0.1, -0.05) is 40.5 Å². The Morgan fingerprint density at radius 2 is 1.93 bits per heavy atom. The van der Waals surface area contributed by atoms with Gasteiger partial charge >= 0.3 is 5.97 Å². The Hall–Kier alpha value is -0.970. The lowest BCUT2D eigenvalue weighted by atomic mass is 9.80. The first kappa shape index (κ1) is 14.0. The number of rotatable bonds is 4. The summed E-state index contributed by atoms with van der Waals surface area (Å²) in [6.07, 6.45) is 5.88. The van der Waals surface area contributed by atoms with Crippen molar-refractivity contribution in [2.75, 3.05) is 6.61 Å². The largest absolute Gasteiger partial charge is 0.452 e. The van der Waals surface area contributed by atoms with Gasteiger partial charge in [-0.25, -0.2) is 0 Å². The molecular weight excluding hydrogens is 188 g/mol. The predicted octanol–water partition coefficient (Wildman–Crippen LogP) is 2.87. The summed E-state index contributed by atoms with van der Waals surface area (Å²) in [5.41, 5.74) is 0.129. The number of carbonyl (C=O) groups excluding carboxylic acids is 1. The molecule has 0 spiro atoms. The van der Waals surface area contributed by atoms with E-state index in [1.807, 2.05) is 13.8 Å². The SMILES string of the molecule is C#CCOC(=O)C(CC(C)(C)C)C(C)C. The molecular formula is C13H22O2. The van der Waals surface area contributed by atoms with Crippen molar-refractivity contribution in [1.29, 1.82) is 0 Å². The topological polar surface area (TPSA) is 26.3 Å². The Morgan fingerprint density at radius 1 is 1.40 bits per heavy atom. The minimum atomic E-state index is -0.169. The molecule has 0 N–H and O–H groups in total. The van der Waals surface area contributed by atoms with E-state index in [0.29, 0.717) is 0 Å². The van der Waals surface area contributed by atoms with Crippen LogP contribution in [0.3, 0.4) is 0 Å². The van der Waals surface area contributed by atoms with Gasteiger partial charge in [0.25, 0.3) is 0 Å². The molecule has 86 valence electrons. The molecule has 15 heavy (non-hydrogen) atoms. The van der Waals surface area contributed by atoms with E-state index >= 15 is 0 Å². The van der Waals surface area contributed by atoms with Crippen LogP contribution in [0.25, 0.3) is 0 Å². The van der Waals surface area contributed by atoms with Crippen LogP contribution < -0.4 is 0 Å². The van der Waals surface area contributed by atoms with Crippen LogP contribution in [-0.4, -0.2) is 12.6 Å². The van der Waals surface area contributed by atoms with Gasteiger partial charge in [-0.2, -0.15) is 0 Å². The third kappa shape index (κ3) is 6.17. The quantitative estimate of drug-likeness (QED) is 0.527. The number of hydrogen-bond donors (Lipinski definition) is 0. The summed E-state index contributed by atoms with van der Waals surface area (Å²) < 4.78 is 4.99. The van der Waals surface area contributed by atoms with E-state index in [9.17, 15) is 4.79 Å². The molecule has 0 aliphatic carbocycles. The van der Waals surface area contributed by atoms with E-state index < -0.39 is 0 Å². The van der Waals surface area contributed by atoms with Gasteiger partial charge in [0.05, 0.1) is 5.92 Å². The zero-order chi connectivity index (χ0) is 12.1. The summed E-state index contributed by atoms with van der Waals surface area (Å²) in [6, 6.07) is 0. The first-order valence-corrected chi connectivity index (χ1v) is 5.38. The van der Waals surface area contributed by atoms with Gasteiger partial charge in [0.15, 0.2) is 6.61 Å². The molecule has 0 aromatic heterocycles. The third-order valence-electron chi connectivity index (χ3n) is 2.24. The highest BCUT2D eigenvalue weighted by Crippen LogP contribution is 2.29. The second kappa shape index (κ2) is 5.80. The highest BCUT2D eigenvalue weighted by Gasteiger charge is 2.28. The summed E-state index contributed by atoms with van der Waals surface area (Å²) in [6.45, 7) is 10.5.